The molecule has 0 aliphatic carbocycles. The zero-order valence-electron chi connectivity index (χ0n) is 17.8. The lowest BCUT2D eigenvalue weighted by molar-refractivity contribution is -0.131. The Morgan fingerprint density at radius 3 is 2.61 bits per heavy atom. The fourth-order valence-electron chi connectivity index (χ4n) is 3.41. The Morgan fingerprint density at radius 1 is 1.26 bits per heavy atom. The van der Waals surface area contributed by atoms with E-state index in [2.05, 4.69) is 10.6 Å². The van der Waals surface area contributed by atoms with Gasteiger partial charge in [0.2, 0.25) is 5.91 Å². The summed E-state index contributed by atoms with van der Waals surface area (Å²) in [7, 11) is 0. The van der Waals surface area contributed by atoms with Crippen LogP contribution in [0.5, 0.6) is 0 Å². The first-order valence-corrected chi connectivity index (χ1v) is 10.1. The molecule has 31 heavy (non-hydrogen) atoms. The van der Waals surface area contributed by atoms with Crippen molar-refractivity contribution in [3.63, 3.8) is 0 Å². The zero-order valence-corrected chi connectivity index (χ0v) is 17.8. The Kier molecular flexibility index (Phi) is 6.38. The second kappa shape index (κ2) is 8.83. The monoisotopic (exact) mass is 428 g/mol. The third kappa shape index (κ3) is 5.07. The molecule has 3 N–H and O–H groups in total. The van der Waals surface area contributed by atoms with E-state index in [4.69, 9.17) is 5.41 Å². The van der Waals surface area contributed by atoms with Gasteiger partial charge in [0.05, 0.1) is 13.0 Å². The van der Waals surface area contributed by atoms with E-state index in [1.165, 1.54) is 23.1 Å². The van der Waals surface area contributed by atoms with Crippen LogP contribution in [0.15, 0.2) is 42.5 Å². The fraction of sp³-hybridized carbons (Fsp3) is 0.348. The number of amides is 2. The molecule has 2 aromatic carbocycles. The van der Waals surface area contributed by atoms with Crippen molar-refractivity contribution in [2.45, 2.75) is 45.8 Å². The van der Waals surface area contributed by atoms with Gasteiger partial charge in [-0.1, -0.05) is 32.0 Å². The minimum absolute atomic E-state index is 0.0374. The Morgan fingerprint density at radius 2 is 1.97 bits per heavy atom. The first-order valence-electron chi connectivity index (χ1n) is 10.1. The number of hydrogen-bond acceptors (Lipinski definition) is 3. The Labute approximate surface area is 180 Å². The third-order valence-corrected chi connectivity index (χ3v) is 5.73. The number of rotatable bonds is 6. The highest BCUT2D eigenvalue weighted by atomic mass is 19.1. The largest absolute Gasteiger partial charge is 0.350 e. The summed E-state index contributed by atoms with van der Waals surface area (Å²) in [6.45, 7) is 5.76. The first-order chi connectivity index (χ1) is 14.6. The van der Waals surface area contributed by atoms with Gasteiger partial charge in [0, 0.05) is 23.2 Å². The molecule has 0 unspecified atom stereocenters. The zero-order chi connectivity index (χ0) is 22.8. The Bertz CT molecular complexity index is 1000. The van der Waals surface area contributed by atoms with Gasteiger partial charge in [-0.15, -0.1) is 0 Å². The van der Waals surface area contributed by atoms with Crippen LogP contribution >= 0.6 is 0 Å². The molecule has 1 aliphatic rings. The lowest BCUT2D eigenvalue weighted by Gasteiger charge is -2.43. The Balaban J connectivity index is 1.72. The summed E-state index contributed by atoms with van der Waals surface area (Å²) in [6, 6.07) is 9.84. The van der Waals surface area contributed by atoms with E-state index in [9.17, 15) is 18.4 Å². The van der Waals surface area contributed by atoms with Gasteiger partial charge in [-0.25, -0.2) is 8.78 Å². The molecule has 0 radical (unpaired) electrons. The second-order valence-corrected chi connectivity index (χ2v) is 8.32. The van der Waals surface area contributed by atoms with Gasteiger partial charge >= 0.3 is 0 Å². The molecule has 2 aromatic rings. The molecule has 0 aromatic heterocycles. The normalized spacial score (nSPS) is 18.8. The predicted octanol–water partition coefficient (Wildman–Crippen LogP) is 3.57. The van der Waals surface area contributed by atoms with Crippen LogP contribution < -0.4 is 10.6 Å². The maximum Gasteiger partial charge on any atom is 0.251 e. The van der Waals surface area contributed by atoms with Gasteiger partial charge < -0.3 is 10.6 Å². The highest BCUT2D eigenvalue weighted by Crippen LogP contribution is 2.26. The van der Waals surface area contributed by atoms with Gasteiger partial charge in [0.1, 0.15) is 11.6 Å². The van der Waals surface area contributed by atoms with E-state index in [0.29, 0.717) is 11.1 Å². The molecule has 0 saturated carbocycles. The van der Waals surface area contributed by atoms with E-state index in [-0.39, 0.29) is 42.9 Å². The molecule has 8 heteroatoms. The van der Waals surface area contributed by atoms with Crippen molar-refractivity contribution in [3.05, 3.63) is 70.8 Å². The molecule has 2 amide bonds. The lowest BCUT2D eigenvalue weighted by Crippen LogP contribution is -2.62. The summed E-state index contributed by atoms with van der Waals surface area (Å²) >= 11 is 0. The minimum Gasteiger partial charge on any atom is -0.350 e. The van der Waals surface area contributed by atoms with Crippen molar-refractivity contribution in [2.75, 3.05) is 0 Å². The first kappa shape index (κ1) is 22.4. The van der Waals surface area contributed by atoms with E-state index in [1.54, 1.807) is 18.2 Å². The van der Waals surface area contributed by atoms with Crippen molar-refractivity contribution in [2.24, 2.45) is 5.92 Å². The van der Waals surface area contributed by atoms with E-state index in [1.807, 2.05) is 20.8 Å². The summed E-state index contributed by atoms with van der Waals surface area (Å²) in [5, 5.41) is 13.9. The van der Waals surface area contributed by atoms with Crippen molar-refractivity contribution in [1.29, 1.82) is 5.41 Å². The molecule has 1 heterocycles. The molecule has 1 atom stereocenters. The molecular formula is C23H26F2N4O2. The van der Waals surface area contributed by atoms with Crippen molar-refractivity contribution >= 4 is 17.8 Å². The quantitative estimate of drug-likeness (QED) is 0.658. The number of guanidine groups is 1. The number of benzene rings is 2. The fourth-order valence-corrected chi connectivity index (χ4v) is 3.41. The average Bonchev–Trinajstić information content (AvgIpc) is 2.69. The molecule has 0 bridgehead atoms. The van der Waals surface area contributed by atoms with Crippen LogP contribution in [0.1, 0.15) is 48.7 Å². The highest BCUT2D eigenvalue weighted by Gasteiger charge is 2.40. The van der Waals surface area contributed by atoms with E-state index < -0.39 is 23.1 Å². The van der Waals surface area contributed by atoms with Crippen molar-refractivity contribution in [1.82, 2.24) is 15.5 Å². The van der Waals surface area contributed by atoms with Crippen LogP contribution in [0, 0.1) is 23.0 Å². The lowest BCUT2D eigenvalue weighted by atomic mass is 9.83. The van der Waals surface area contributed by atoms with Crippen LogP contribution in [0.2, 0.25) is 0 Å². The summed E-state index contributed by atoms with van der Waals surface area (Å²) in [5.74, 6) is -1.79. The molecule has 0 spiro atoms. The number of carbonyl (C=O) groups is 2. The molecule has 6 nitrogen and oxygen atoms in total. The molecule has 3 rings (SSSR count). The summed E-state index contributed by atoms with van der Waals surface area (Å²) < 4.78 is 27.9. The van der Waals surface area contributed by atoms with Crippen LogP contribution in [-0.4, -0.2) is 28.2 Å². The van der Waals surface area contributed by atoms with Gasteiger partial charge in [-0.2, -0.15) is 0 Å². The number of nitrogens with zero attached hydrogens (tertiary/aromatic N) is 1. The number of hydrogen-bond donors (Lipinski definition) is 3. The van der Waals surface area contributed by atoms with Crippen molar-refractivity contribution in [3.8, 4) is 0 Å². The number of halogens is 2. The second-order valence-electron chi connectivity index (χ2n) is 8.32. The standard InChI is InChI=1S/C23H26F2N4O2/c1-14(2)23(3)11-20(30)29(22(26)28-23)13-15-8-17(10-18(24)9-15)21(31)27-12-16-6-4-5-7-19(16)25/h4-10,14H,11-13H2,1-3H3,(H2,26,28)(H,27,31)/t23-/m0/s1. The SMILES string of the molecule is CC(C)[C@]1(C)CC(=O)N(Cc2cc(F)cc(C(=O)NCc3ccccc3F)c2)C(=N)N1. The number of nitrogens with one attached hydrogen (secondary N) is 3. The smallest absolute Gasteiger partial charge is 0.251 e. The maximum atomic E-state index is 14.2. The minimum atomic E-state index is -0.635. The third-order valence-electron chi connectivity index (χ3n) is 5.73. The number of carbonyl (C=O) groups excluding carboxylic acids is 2. The summed E-state index contributed by atoms with van der Waals surface area (Å²) in [5.41, 5.74) is 0.232. The summed E-state index contributed by atoms with van der Waals surface area (Å²) in [6.07, 6.45) is 0.207. The van der Waals surface area contributed by atoms with Crippen LogP contribution in [0.25, 0.3) is 0 Å². The van der Waals surface area contributed by atoms with Crippen LogP contribution in [0.4, 0.5) is 8.78 Å². The van der Waals surface area contributed by atoms with Gasteiger partial charge in [-0.05, 0) is 42.7 Å². The summed E-state index contributed by atoms with van der Waals surface area (Å²) in [4.78, 5) is 26.4. The molecule has 1 aliphatic heterocycles. The maximum absolute atomic E-state index is 14.2. The van der Waals surface area contributed by atoms with E-state index >= 15 is 0 Å². The predicted molar refractivity (Wildman–Crippen MR) is 113 cm³/mol. The Hall–Kier alpha value is -3.29. The molecule has 164 valence electrons. The average molecular weight is 428 g/mol. The van der Waals surface area contributed by atoms with Gasteiger partial charge in [0.25, 0.3) is 5.91 Å². The molecule has 1 saturated heterocycles. The van der Waals surface area contributed by atoms with Crippen LogP contribution in [-0.2, 0) is 17.9 Å². The van der Waals surface area contributed by atoms with Crippen molar-refractivity contribution < 1.29 is 18.4 Å². The molecular weight excluding hydrogens is 402 g/mol. The topological polar surface area (TPSA) is 85.3 Å². The molecule has 1 fully saturated rings. The van der Waals surface area contributed by atoms with Gasteiger partial charge in [0.15, 0.2) is 5.96 Å². The van der Waals surface area contributed by atoms with Crippen LogP contribution in [0.3, 0.4) is 0 Å². The van der Waals surface area contributed by atoms with E-state index in [0.717, 1.165) is 6.07 Å². The van der Waals surface area contributed by atoms with Gasteiger partial charge in [-0.3, -0.25) is 19.9 Å². The highest BCUT2D eigenvalue weighted by molar-refractivity contribution is 5.99.